The van der Waals surface area contributed by atoms with Crippen LogP contribution < -0.4 is 0 Å². The van der Waals surface area contributed by atoms with E-state index in [4.69, 9.17) is 4.74 Å². The minimum Gasteiger partial charge on any atom is -0.377 e. The molecular weight excluding hydrogens is 144 g/mol. The molecule has 0 fully saturated rings. The van der Waals surface area contributed by atoms with Crippen LogP contribution in [-0.2, 0) is 11.3 Å². The molecule has 0 unspecified atom stereocenters. The van der Waals surface area contributed by atoms with Crippen molar-refractivity contribution in [2.24, 2.45) is 0 Å². The van der Waals surface area contributed by atoms with Gasteiger partial charge in [0.05, 0.1) is 6.61 Å². The van der Waals surface area contributed by atoms with Crippen molar-refractivity contribution in [3.05, 3.63) is 21.9 Å². The van der Waals surface area contributed by atoms with Gasteiger partial charge in [0.25, 0.3) is 0 Å². The van der Waals surface area contributed by atoms with Crippen LogP contribution in [0.2, 0.25) is 0 Å². The number of hydrogen-bond acceptors (Lipinski definition) is 2. The normalized spacial score (nSPS) is 10.2. The Hall–Kier alpha value is -0.340. The molecule has 0 bridgehead atoms. The Bertz CT molecular complexity index is 193. The molecule has 0 aliphatic carbocycles. The van der Waals surface area contributed by atoms with Crippen molar-refractivity contribution in [1.29, 1.82) is 0 Å². The quantitative estimate of drug-likeness (QED) is 0.653. The molecule has 0 aliphatic rings. The average Bonchev–Trinajstić information content (AvgIpc) is 2.31. The average molecular weight is 156 g/mol. The largest absolute Gasteiger partial charge is 0.377 e. The summed E-state index contributed by atoms with van der Waals surface area (Å²) in [5, 5.41) is 2.14. The molecule has 0 N–H and O–H groups in total. The second kappa shape index (κ2) is 3.74. The maximum absolute atomic E-state index is 5.24. The van der Waals surface area contributed by atoms with Gasteiger partial charge in [-0.05, 0) is 30.9 Å². The minimum absolute atomic E-state index is 0.765. The highest BCUT2D eigenvalue weighted by atomic mass is 32.1. The van der Waals surface area contributed by atoms with Crippen LogP contribution in [0.15, 0.2) is 11.4 Å². The first-order valence-electron chi connectivity index (χ1n) is 3.44. The highest BCUT2D eigenvalue weighted by molar-refractivity contribution is 7.10. The van der Waals surface area contributed by atoms with Gasteiger partial charge < -0.3 is 4.74 Å². The summed E-state index contributed by atoms with van der Waals surface area (Å²) in [7, 11) is 0. The Morgan fingerprint density at radius 2 is 2.40 bits per heavy atom. The van der Waals surface area contributed by atoms with E-state index in [0.717, 1.165) is 13.2 Å². The lowest BCUT2D eigenvalue weighted by Crippen LogP contribution is -1.88. The summed E-state index contributed by atoms with van der Waals surface area (Å²) < 4.78 is 5.24. The fraction of sp³-hybridized carbons (Fsp3) is 0.500. The van der Waals surface area contributed by atoms with Crippen molar-refractivity contribution in [1.82, 2.24) is 0 Å². The van der Waals surface area contributed by atoms with Crippen LogP contribution in [0.3, 0.4) is 0 Å². The summed E-state index contributed by atoms with van der Waals surface area (Å²) >= 11 is 1.77. The van der Waals surface area contributed by atoms with Crippen molar-refractivity contribution in [2.75, 3.05) is 6.61 Å². The molecule has 1 aromatic rings. The van der Waals surface area contributed by atoms with Crippen LogP contribution in [0.25, 0.3) is 0 Å². The van der Waals surface area contributed by atoms with Crippen LogP contribution in [0, 0.1) is 6.92 Å². The van der Waals surface area contributed by atoms with Crippen molar-refractivity contribution < 1.29 is 4.74 Å². The van der Waals surface area contributed by atoms with Gasteiger partial charge in [-0.25, -0.2) is 0 Å². The summed E-state index contributed by atoms with van der Waals surface area (Å²) in [5.41, 5.74) is 1.30. The Labute approximate surface area is 65.6 Å². The number of aryl methyl sites for hydroxylation is 1. The smallest absolute Gasteiger partial charge is 0.0724 e. The molecule has 1 rings (SSSR count). The Morgan fingerprint density at radius 3 is 2.90 bits per heavy atom. The number of thiophene rings is 1. The third-order valence-electron chi connectivity index (χ3n) is 1.26. The zero-order chi connectivity index (χ0) is 7.40. The van der Waals surface area contributed by atoms with E-state index < -0.39 is 0 Å². The summed E-state index contributed by atoms with van der Waals surface area (Å²) in [6, 6.07) is 2.17. The lowest BCUT2D eigenvalue weighted by Gasteiger charge is -1.95. The highest BCUT2D eigenvalue weighted by Crippen LogP contribution is 2.13. The maximum atomic E-state index is 5.24. The van der Waals surface area contributed by atoms with E-state index in [1.807, 2.05) is 6.92 Å². The van der Waals surface area contributed by atoms with Crippen molar-refractivity contribution in [3.63, 3.8) is 0 Å². The van der Waals surface area contributed by atoms with Gasteiger partial charge in [0.15, 0.2) is 0 Å². The molecule has 0 radical (unpaired) electrons. The minimum atomic E-state index is 0.765. The Kier molecular flexibility index (Phi) is 2.90. The van der Waals surface area contributed by atoms with E-state index in [1.165, 1.54) is 10.4 Å². The summed E-state index contributed by atoms with van der Waals surface area (Å²) in [6.07, 6.45) is 0. The van der Waals surface area contributed by atoms with Crippen molar-refractivity contribution >= 4 is 11.3 Å². The molecule has 2 heteroatoms. The molecule has 0 aliphatic heterocycles. The van der Waals surface area contributed by atoms with E-state index in [0.29, 0.717) is 0 Å². The van der Waals surface area contributed by atoms with Crippen LogP contribution in [0.4, 0.5) is 0 Å². The zero-order valence-electron chi connectivity index (χ0n) is 6.39. The lowest BCUT2D eigenvalue weighted by molar-refractivity contribution is 0.134. The van der Waals surface area contributed by atoms with Crippen LogP contribution in [0.5, 0.6) is 0 Å². The van der Waals surface area contributed by atoms with Gasteiger partial charge in [-0.1, -0.05) is 0 Å². The first kappa shape index (κ1) is 7.76. The predicted molar refractivity (Wildman–Crippen MR) is 44.4 cm³/mol. The topological polar surface area (TPSA) is 9.23 Å². The SMILES string of the molecule is CCOCc1csc(C)c1. The van der Waals surface area contributed by atoms with E-state index >= 15 is 0 Å². The molecule has 0 spiro atoms. The van der Waals surface area contributed by atoms with Gasteiger partial charge in [0.2, 0.25) is 0 Å². The van der Waals surface area contributed by atoms with E-state index in [2.05, 4.69) is 18.4 Å². The predicted octanol–water partition coefficient (Wildman–Crippen LogP) is 2.59. The molecular formula is C8H12OS. The molecule has 0 saturated heterocycles. The third-order valence-corrected chi connectivity index (χ3v) is 2.17. The Balaban J connectivity index is 2.42. The summed E-state index contributed by atoms with van der Waals surface area (Å²) in [6.45, 7) is 5.69. The highest BCUT2D eigenvalue weighted by Gasteiger charge is 1.93. The summed E-state index contributed by atoms with van der Waals surface area (Å²) in [5.74, 6) is 0. The maximum Gasteiger partial charge on any atom is 0.0724 e. The fourth-order valence-electron chi connectivity index (χ4n) is 0.793. The van der Waals surface area contributed by atoms with Crippen LogP contribution >= 0.6 is 11.3 Å². The van der Waals surface area contributed by atoms with Crippen LogP contribution in [-0.4, -0.2) is 6.61 Å². The molecule has 0 atom stereocenters. The second-order valence-electron chi connectivity index (χ2n) is 2.20. The van der Waals surface area contributed by atoms with E-state index in [9.17, 15) is 0 Å². The van der Waals surface area contributed by atoms with E-state index in [1.54, 1.807) is 11.3 Å². The Morgan fingerprint density at radius 1 is 1.60 bits per heavy atom. The second-order valence-corrected chi connectivity index (χ2v) is 3.32. The summed E-state index contributed by atoms with van der Waals surface area (Å²) in [4.78, 5) is 1.36. The lowest BCUT2D eigenvalue weighted by atomic mass is 10.3. The zero-order valence-corrected chi connectivity index (χ0v) is 7.20. The van der Waals surface area contributed by atoms with Gasteiger partial charge in [0.1, 0.15) is 0 Å². The number of rotatable bonds is 3. The third kappa shape index (κ3) is 2.12. The first-order valence-corrected chi connectivity index (χ1v) is 4.32. The molecule has 1 nitrogen and oxygen atoms in total. The molecule has 0 amide bonds. The molecule has 1 aromatic heterocycles. The first-order chi connectivity index (χ1) is 4.83. The molecule has 0 saturated carbocycles. The molecule has 10 heavy (non-hydrogen) atoms. The van der Waals surface area contributed by atoms with Crippen LogP contribution in [0.1, 0.15) is 17.4 Å². The number of ether oxygens (including phenoxy) is 1. The fourth-order valence-corrected chi connectivity index (χ4v) is 1.49. The molecule has 1 heterocycles. The van der Waals surface area contributed by atoms with Gasteiger partial charge >= 0.3 is 0 Å². The van der Waals surface area contributed by atoms with Gasteiger partial charge in [-0.3, -0.25) is 0 Å². The van der Waals surface area contributed by atoms with Crippen molar-refractivity contribution in [2.45, 2.75) is 20.5 Å². The number of hydrogen-bond donors (Lipinski definition) is 0. The van der Waals surface area contributed by atoms with Gasteiger partial charge in [0, 0.05) is 11.5 Å². The standard InChI is InChI=1S/C8H12OS/c1-3-9-5-8-4-7(2)10-6-8/h4,6H,3,5H2,1-2H3. The molecule has 56 valence electrons. The van der Waals surface area contributed by atoms with Gasteiger partial charge in [-0.2, -0.15) is 0 Å². The van der Waals surface area contributed by atoms with Gasteiger partial charge in [-0.15, -0.1) is 11.3 Å². The monoisotopic (exact) mass is 156 g/mol. The molecule has 0 aromatic carbocycles. The van der Waals surface area contributed by atoms with E-state index in [-0.39, 0.29) is 0 Å². The van der Waals surface area contributed by atoms with Crippen molar-refractivity contribution in [3.8, 4) is 0 Å².